The van der Waals surface area contributed by atoms with Crippen molar-refractivity contribution in [2.45, 2.75) is 36.8 Å². The van der Waals surface area contributed by atoms with Crippen molar-refractivity contribution in [2.24, 2.45) is 0 Å². The molecule has 1 saturated heterocycles. The Bertz CT molecular complexity index is 169. The molecule has 0 aromatic carbocycles. The first-order chi connectivity index (χ1) is 7.29. The summed E-state index contributed by atoms with van der Waals surface area (Å²) in [6.07, 6.45) is 1.19. The lowest BCUT2D eigenvalue weighted by Crippen LogP contribution is -2.47. The van der Waals surface area contributed by atoms with Gasteiger partial charge in [0.15, 0.2) is 0 Å². The molecule has 0 saturated carbocycles. The summed E-state index contributed by atoms with van der Waals surface area (Å²) >= 11 is 4.20. The van der Waals surface area contributed by atoms with Crippen LogP contribution in [0.4, 0.5) is 0 Å². The van der Waals surface area contributed by atoms with Gasteiger partial charge in [0.1, 0.15) is 0 Å². The molecule has 0 aromatic heterocycles. The smallest absolute Gasteiger partial charge is 0.0627 e. The number of hydrogen-bond acceptors (Lipinski definition) is 4. The standard InChI is InChI=1S/C11H23NOS2/c1-4-5-12-10(8-13-3)11-9(2)14-6-7-15-11/h9-12H,4-8H2,1-3H3. The van der Waals surface area contributed by atoms with Gasteiger partial charge in [0.2, 0.25) is 0 Å². The molecule has 1 rings (SSSR count). The molecule has 3 atom stereocenters. The summed E-state index contributed by atoms with van der Waals surface area (Å²) in [5.74, 6) is 2.59. The average molecular weight is 249 g/mol. The van der Waals surface area contributed by atoms with E-state index in [0.29, 0.717) is 11.3 Å². The van der Waals surface area contributed by atoms with Gasteiger partial charge in [-0.1, -0.05) is 13.8 Å². The van der Waals surface area contributed by atoms with E-state index in [9.17, 15) is 0 Å². The van der Waals surface area contributed by atoms with Crippen molar-refractivity contribution < 1.29 is 4.74 Å². The van der Waals surface area contributed by atoms with Gasteiger partial charge in [-0.05, 0) is 13.0 Å². The summed E-state index contributed by atoms with van der Waals surface area (Å²) in [5, 5.41) is 5.06. The minimum absolute atomic E-state index is 0.516. The minimum Gasteiger partial charge on any atom is -0.383 e. The molecule has 0 radical (unpaired) electrons. The molecule has 1 aliphatic rings. The first kappa shape index (κ1) is 13.7. The third kappa shape index (κ3) is 4.55. The van der Waals surface area contributed by atoms with Gasteiger partial charge in [-0.2, -0.15) is 23.5 Å². The van der Waals surface area contributed by atoms with E-state index in [0.717, 1.165) is 18.4 Å². The van der Waals surface area contributed by atoms with Gasteiger partial charge in [-0.15, -0.1) is 0 Å². The minimum atomic E-state index is 0.516. The van der Waals surface area contributed by atoms with Crippen molar-refractivity contribution in [3.63, 3.8) is 0 Å². The summed E-state index contributed by atoms with van der Waals surface area (Å²) < 4.78 is 5.32. The van der Waals surface area contributed by atoms with Gasteiger partial charge >= 0.3 is 0 Å². The molecule has 1 N–H and O–H groups in total. The predicted octanol–water partition coefficient (Wildman–Crippen LogP) is 2.24. The Balaban J connectivity index is 2.44. The number of thioether (sulfide) groups is 2. The van der Waals surface area contributed by atoms with Crippen LogP contribution in [-0.4, -0.2) is 48.3 Å². The highest BCUT2D eigenvalue weighted by molar-refractivity contribution is 8.07. The van der Waals surface area contributed by atoms with Crippen LogP contribution >= 0.6 is 23.5 Å². The van der Waals surface area contributed by atoms with Crippen LogP contribution in [-0.2, 0) is 4.74 Å². The maximum atomic E-state index is 5.32. The fourth-order valence-electron chi connectivity index (χ4n) is 1.87. The molecule has 0 amide bonds. The quantitative estimate of drug-likeness (QED) is 0.779. The zero-order valence-corrected chi connectivity index (χ0v) is 11.6. The number of methoxy groups -OCH3 is 1. The molecule has 90 valence electrons. The summed E-state index contributed by atoms with van der Waals surface area (Å²) in [6, 6.07) is 0.516. The lowest BCUT2D eigenvalue weighted by molar-refractivity contribution is 0.165. The van der Waals surface area contributed by atoms with E-state index in [1.807, 2.05) is 0 Å². The van der Waals surface area contributed by atoms with E-state index in [1.54, 1.807) is 7.11 Å². The molecule has 0 aliphatic carbocycles. The third-order valence-electron chi connectivity index (χ3n) is 2.64. The van der Waals surface area contributed by atoms with Gasteiger partial charge in [0, 0.05) is 35.2 Å². The van der Waals surface area contributed by atoms with E-state index in [1.165, 1.54) is 17.9 Å². The van der Waals surface area contributed by atoms with E-state index < -0.39 is 0 Å². The Morgan fingerprint density at radius 1 is 1.40 bits per heavy atom. The average Bonchev–Trinajstić information content (AvgIpc) is 2.25. The van der Waals surface area contributed by atoms with Crippen LogP contribution in [0.1, 0.15) is 20.3 Å². The van der Waals surface area contributed by atoms with E-state index in [4.69, 9.17) is 4.74 Å². The van der Waals surface area contributed by atoms with E-state index in [-0.39, 0.29) is 0 Å². The molecule has 0 bridgehead atoms. The van der Waals surface area contributed by atoms with Crippen molar-refractivity contribution in [3.8, 4) is 0 Å². The zero-order chi connectivity index (χ0) is 11.1. The maximum Gasteiger partial charge on any atom is 0.0627 e. The fourth-order valence-corrected chi connectivity index (χ4v) is 4.81. The summed E-state index contributed by atoms with van der Waals surface area (Å²) in [7, 11) is 1.80. The van der Waals surface area contributed by atoms with Crippen molar-refractivity contribution in [1.82, 2.24) is 5.32 Å². The maximum absolute atomic E-state index is 5.32. The van der Waals surface area contributed by atoms with Crippen molar-refractivity contribution in [2.75, 3.05) is 31.8 Å². The molecule has 1 fully saturated rings. The second-order valence-corrected chi connectivity index (χ2v) is 6.70. The fraction of sp³-hybridized carbons (Fsp3) is 1.00. The van der Waals surface area contributed by atoms with Gasteiger partial charge < -0.3 is 10.1 Å². The highest BCUT2D eigenvalue weighted by atomic mass is 32.2. The van der Waals surface area contributed by atoms with Crippen LogP contribution < -0.4 is 5.32 Å². The van der Waals surface area contributed by atoms with Gasteiger partial charge in [0.25, 0.3) is 0 Å². The Morgan fingerprint density at radius 3 is 2.73 bits per heavy atom. The molecule has 3 unspecified atom stereocenters. The van der Waals surface area contributed by atoms with Crippen LogP contribution in [0.15, 0.2) is 0 Å². The van der Waals surface area contributed by atoms with Gasteiger partial charge in [-0.25, -0.2) is 0 Å². The van der Waals surface area contributed by atoms with Crippen LogP contribution in [0.5, 0.6) is 0 Å². The normalized spacial score (nSPS) is 29.0. The zero-order valence-electron chi connectivity index (χ0n) is 9.99. The number of hydrogen-bond donors (Lipinski definition) is 1. The Hall–Kier alpha value is 0.620. The van der Waals surface area contributed by atoms with Crippen LogP contribution in [0.2, 0.25) is 0 Å². The Kier molecular flexibility index (Phi) is 7.14. The molecular formula is C11H23NOS2. The highest BCUT2D eigenvalue weighted by Gasteiger charge is 2.29. The highest BCUT2D eigenvalue weighted by Crippen LogP contribution is 2.33. The molecule has 1 aliphatic heterocycles. The third-order valence-corrected chi connectivity index (χ3v) is 5.89. The lowest BCUT2D eigenvalue weighted by atomic mass is 10.1. The second-order valence-electron chi connectivity index (χ2n) is 3.93. The molecule has 0 aromatic rings. The SMILES string of the molecule is CCCNC(COC)C1SCCSC1C. The summed E-state index contributed by atoms with van der Waals surface area (Å²) in [5.41, 5.74) is 0. The van der Waals surface area contributed by atoms with Crippen molar-refractivity contribution in [3.05, 3.63) is 0 Å². The number of ether oxygens (including phenoxy) is 1. The predicted molar refractivity (Wildman–Crippen MR) is 72.1 cm³/mol. The van der Waals surface area contributed by atoms with Crippen molar-refractivity contribution in [1.29, 1.82) is 0 Å². The Morgan fingerprint density at radius 2 is 2.13 bits per heavy atom. The van der Waals surface area contributed by atoms with Gasteiger partial charge in [0.05, 0.1) is 6.61 Å². The molecule has 2 nitrogen and oxygen atoms in total. The topological polar surface area (TPSA) is 21.3 Å². The van der Waals surface area contributed by atoms with E-state index in [2.05, 4.69) is 42.7 Å². The molecule has 1 heterocycles. The van der Waals surface area contributed by atoms with Crippen LogP contribution in [0.25, 0.3) is 0 Å². The molecule has 4 heteroatoms. The Labute approximate surface area is 102 Å². The first-order valence-electron chi connectivity index (χ1n) is 5.75. The van der Waals surface area contributed by atoms with Crippen LogP contribution in [0.3, 0.4) is 0 Å². The monoisotopic (exact) mass is 249 g/mol. The van der Waals surface area contributed by atoms with Gasteiger partial charge in [-0.3, -0.25) is 0 Å². The molecular weight excluding hydrogens is 226 g/mol. The number of rotatable bonds is 6. The summed E-state index contributed by atoms with van der Waals surface area (Å²) in [4.78, 5) is 0. The first-order valence-corrected chi connectivity index (χ1v) is 7.84. The lowest BCUT2D eigenvalue weighted by Gasteiger charge is -2.34. The van der Waals surface area contributed by atoms with Crippen LogP contribution in [0, 0.1) is 0 Å². The number of nitrogens with one attached hydrogen (secondary N) is 1. The molecule has 0 spiro atoms. The second kappa shape index (κ2) is 7.82. The largest absolute Gasteiger partial charge is 0.383 e. The van der Waals surface area contributed by atoms with E-state index >= 15 is 0 Å². The molecule has 15 heavy (non-hydrogen) atoms. The van der Waals surface area contributed by atoms with Crippen molar-refractivity contribution >= 4 is 23.5 Å². The summed E-state index contributed by atoms with van der Waals surface area (Å²) in [6.45, 7) is 6.49.